The normalized spacial score (nSPS) is 19.5. The van der Waals surface area contributed by atoms with Gasteiger partial charge in [-0.2, -0.15) is 4.98 Å². The molecule has 0 bridgehead atoms. The van der Waals surface area contributed by atoms with Gasteiger partial charge in [0.25, 0.3) is 5.88 Å². The zero-order valence-electron chi connectivity index (χ0n) is 29.3. The second-order valence-corrected chi connectivity index (χ2v) is 14.8. The number of rotatable bonds is 14. The Morgan fingerprint density at radius 3 is 2.46 bits per heavy atom. The molecule has 2 fully saturated rings. The van der Waals surface area contributed by atoms with Crippen molar-refractivity contribution in [2.45, 2.75) is 82.9 Å². The molecule has 0 spiro atoms. The highest BCUT2D eigenvalue weighted by Gasteiger charge is 2.30. The van der Waals surface area contributed by atoms with Crippen molar-refractivity contribution in [1.82, 2.24) is 30.6 Å². The minimum Gasteiger partial charge on any atom is -0.480 e. The molecule has 4 aromatic rings. The van der Waals surface area contributed by atoms with E-state index >= 15 is 0 Å². The molecule has 3 heterocycles. The van der Waals surface area contributed by atoms with Crippen molar-refractivity contribution in [1.29, 1.82) is 0 Å². The first-order chi connectivity index (χ1) is 25.3. The van der Waals surface area contributed by atoms with E-state index in [1.54, 1.807) is 20.4 Å². The number of carbonyl (C=O) groups excluding carboxylic acids is 2. The smallest absolute Gasteiger partial charge is 0.251 e. The molecule has 2 aromatic heterocycles. The Kier molecular flexibility index (Phi) is 11.3. The zero-order chi connectivity index (χ0) is 36.2. The lowest BCUT2D eigenvalue weighted by molar-refractivity contribution is -0.119. The fraction of sp³-hybridized carbons (Fsp3) is 0.436. The topological polar surface area (TPSA) is 137 Å². The largest absolute Gasteiger partial charge is 0.480 e. The summed E-state index contributed by atoms with van der Waals surface area (Å²) in [5.74, 6) is 2.09. The molecule has 2 aliphatic carbocycles. The maximum Gasteiger partial charge on any atom is 0.251 e. The summed E-state index contributed by atoms with van der Waals surface area (Å²) >= 11 is 10.8. The Morgan fingerprint density at radius 2 is 1.69 bits per heavy atom. The Morgan fingerprint density at radius 1 is 0.904 bits per heavy atom. The van der Waals surface area contributed by atoms with Crippen molar-refractivity contribution in [3.05, 3.63) is 74.7 Å². The third-order valence-electron chi connectivity index (χ3n) is 10.2. The van der Waals surface area contributed by atoms with Crippen LogP contribution in [-0.4, -0.2) is 58.4 Å². The number of halogens is 2. The van der Waals surface area contributed by atoms with Crippen LogP contribution in [0.4, 0.5) is 0 Å². The number of hydrogen-bond donors (Lipinski definition) is 2. The van der Waals surface area contributed by atoms with Gasteiger partial charge < -0.3 is 24.8 Å². The number of ketones is 1. The monoisotopic (exact) mass is 788 g/mol. The summed E-state index contributed by atoms with van der Waals surface area (Å²) in [6.07, 6.45) is 9.23. The Balaban J connectivity index is 1.06. The van der Waals surface area contributed by atoms with Crippen LogP contribution in [0.2, 0.25) is 5.02 Å². The number of Topliss-reactive ketones (excluding diaryl/α,β-unsaturated/α-hetero) is 1. The van der Waals surface area contributed by atoms with E-state index in [-0.39, 0.29) is 18.1 Å². The van der Waals surface area contributed by atoms with Gasteiger partial charge in [-0.1, -0.05) is 48.0 Å². The van der Waals surface area contributed by atoms with Crippen LogP contribution < -0.4 is 24.8 Å². The predicted octanol–water partition coefficient (Wildman–Crippen LogP) is 7.16. The van der Waals surface area contributed by atoms with Crippen LogP contribution >= 0.6 is 27.5 Å². The molecular formula is C39H42BrClN6O5. The number of nitrogens with one attached hydrogen (secondary N) is 2. The van der Waals surface area contributed by atoms with Gasteiger partial charge >= 0.3 is 0 Å². The average molecular weight is 790 g/mol. The van der Waals surface area contributed by atoms with Gasteiger partial charge in [0.1, 0.15) is 23.3 Å². The van der Waals surface area contributed by atoms with Crippen LogP contribution in [0.3, 0.4) is 0 Å². The molecule has 1 aliphatic heterocycles. The number of fused-ring (bicyclic) bond motifs is 1. The van der Waals surface area contributed by atoms with Crippen LogP contribution in [0.25, 0.3) is 22.4 Å². The van der Waals surface area contributed by atoms with Gasteiger partial charge in [0.2, 0.25) is 17.7 Å². The quantitative estimate of drug-likeness (QED) is 0.135. The van der Waals surface area contributed by atoms with Crippen LogP contribution in [0.1, 0.15) is 80.0 Å². The number of amides is 1. The van der Waals surface area contributed by atoms with E-state index < -0.39 is 0 Å². The molecule has 1 saturated carbocycles. The zero-order valence-corrected chi connectivity index (χ0v) is 31.7. The molecule has 0 radical (unpaired) electrons. The van der Waals surface area contributed by atoms with Crippen LogP contribution in [0, 0.1) is 5.92 Å². The molecule has 3 aliphatic rings. The van der Waals surface area contributed by atoms with Gasteiger partial charge in [-0.15, -0.1) is 0 Å². The summed E-state index contributed by atoms with van der Waals surface area (Å²) in [4.78, 5) is 42.1. The SMILES string of the molecule is COc1nc(-c2cccc(-c3cccc4c3CC[C@@H]4Oc3nc(OC)c(CCC[C@@H]4CCC(=O)N4)nc3Br)c2Cl)cnc1CNC[C@@H]1CCC(=O)C1. The van der Waals surface area contributed by atoms with E-state index in [1.165, 1.54) is 5.56 Å². The van der Waals surface area contributed by atoms with E-state index in [0.717, 1.165) is 73.0 Å². The van der Waals surface area contributed by atoms with Crippen molar-refractivity contribution in [3.63, 3.8) is 0 Å². The van der Waals surface area contributed by atoms with Crippen LogP contribution in [0.5, 0.6) is 17.6 Å². The van der Waals surface area contributed by atoms with E-state index in [0.29, 0.717) is 82.6 Å². The molecule has 2 N–H and O–H groups in total. The third-order valence-corrected chi connectivity index (χ3v) is 11.1. The number of carbonyl (C=O) groups is 2. The highest BCUT2D eigenvalue weighted by atomic mass is 79.9. The van der Waals surface area contributed by atoms with Crippen LogP contribution in [0.15, 0.2) is 47.2 Å². The molecule has 0 unspecified atom stereocenters. The molecular weight excluding hydrogens is 748 g/mol. The van der Waals surface area contributed by atoms with Crippen molar-refractivity contribution in [2.75, 3.05) is 20.8 Å². The minimum absolute atomic E-state index is 0.126. The summed E-state index contributed by atoms with van der Waals surface area (Å²) in [6.45, 7) is 1.25. The number of ether oxygens (including phenoxy) is 3. The molecule has 11 nitrogen and oxygen atoms in total. The standard InChI is InChI=1S/C39H42BrClN6O5/c1-50-37-30(11-3-6-23-13-17-34(49)44-23)45-36(40)39(47-37)52-33-16-15-26-25(7-4-8-27(26)33)28-9-5-10-29(35(28)41)31-21-43-32(38(46-31)51-2)20-42-19-22-12-14-24(48)18-22/h4-5,7-10,21-23,33,42H,3,6,11-20H2,1-2H3,(H,44,49)/t22-,23-,33+/m1/s1. The maximum atomic E-state index is 11.6. The second kappa shape index (κ2) is 16.3. The Bertz CT molecular complexity index is 1980. The number of aromatic nitrogens is 4. The highest BCUT2D eigenvalue weighted by Crippen LogP contribution is 2.44. The summed E-state index contributed by atoms with van der Waals surface area (Å²) in [6, 6.07) is 12.4. The van der Waals surface area contributed by atoms with E-state index in [1.807, 2.05) is 24.3 Å². The molecule has 1 saturated heterocycles. The van der Waals surface area contributed by atoms with Gasteiger partial charge in [0, 0.05) is 43.0 Å². The number of nitrogens with zero attached hydrogens (tertiary/aromatic N) is 4. The lowest BCUT2D eigenvalue weighted by Crippen LogP contribution is -2.25. The second-order valence-electron chi connectivity index (χ2n) is 13.6. The van der Waals surface area contributed by atoms with E-state index in [9.17, 15) is 9.59 Å². The third kappa shape index (κ3) is 7.94. The van der Waals surface area contributed by atoms with Crippen molar-refractivity contribution in [3.8, 4) is 40.0 Å². The highest BCUT2D eigenvalue weighted by molar-refractivity contribution is 9.10. The Hall–Kier alpha value is -4.13. The molecule has 1 amide bonds. The summed E-state index contributed by atoms with van der Waals surface area (Å²) in [5.41, 5.74) is 7.03. The number of hydrogen-bond acceptors (Lipinski definition) is 10. The lowest BCUT2D eigenvalue weighted by atomic mass is 9.95. The van der Waals surface area contributed by atoms with Gasteiger partial charge in [0.15, 0.2) is 4.60 Å². The van der Waals surface area contributed by atoms with Gasteiger partial charge in [-0.25, -0.2) is 9.97 Å². The first kappa shape index (κ1) is 36.2. The predicted molar refractivity (Wildman–Crippen MR) is 201 cm³/mol. The number of aryl methyl sites for hydroxylation is 1. The summed E-state index contributed by atoms with van der Waals surface area (Å²) < 4.78 is 18.3. The van der Waals surface area contributed by atoms with Gasteiger partial charge in [0.05, 0.1) is 31.1 Å². The van der Waals surface area contributed by atoms with Crippen LogP contribution in [-0.2, 0) is 29.0 Å². The first-order valence-electron chi connectivity index (χ1n) is 17.9. The molecule has 3 atom stereocenters. The Labute approximate surface area is 316 Å². The average Bonchev–Trinajstić information content (AvgIpc) is 3.89. The lowest BCUT2D eigenvalue weighted by Gasteiger charge is -2.18. The molecule has 7 rings (SSSR count). The number of benzene rings is 2. The van der Waals surface area contributed by atoms with Gasteiger partial charge in [-0.3, -0.25) is 14.6 Å². The van der Waals surface area contributed by atoms with E-state index in [2.05, 4.69) is 43.7 Å². The molecule has 52 heavy (non-hydrogen) atoms. The maximum absolute atomic E-state index is 11.6. The van der Waals surface area contributed by atoms with E-state index in [4.69, 9.17) is 40.8 Å². The molecule has 13 heteroatoms. The first-order valence-corrected chi connectivity index (χ1v) is 19.1. The summed E-state index contributed by atoms with van der Waals surface area (Å²) in [7, 11) is 3.18. The molecule has 272 valence electrons. The van der Waals surface area contributed by atoms with Crippen molar-refractivity contribution < 1.29 is 23.8 Å². The van der Waals surface area contributed by atoms with Crippen molar-refractivity contribution >= 4 is 39.2 Å². The molecule has 2 aromatic carbocycles. The van der Waals surface area contributed by atoms with Gasteiger partial charge in [-0.05, 0) is 90.0 Å². The number of methoxy groups -OCH3 is 2. The van der Waals surface area contributed by atoms with Crippen molar-refractivity contribution in [2.24, 2.45) is 5.92 Å². The summed E-state index contributed by atoms with van der Waals surface area (Å²) in [5, 5.41) is 7.02. The fourth-order valence-electron chi connectivity index (χ4n) is 7.56. The fourth-order valence-corrected chi connectivity index (χ4v) is 8.28. The minimum atomic E-state index is -0.227.